The predicted octanol–water partition coefficient (Wildman–Crippen LogP) is 0.251. The Hall–Kier alpha value is -2.31. The summed E-state index contributed by atoms with van der Waals surface area (Å²) in [6.45, 7) is 1.65. The van der Waals surface area contributed by atoms with Crippen LogP contribution in [0, 0.1) is 0 Å². The smallest absolute Gasteiger partial charge is 0.354 e. The molecule has 0 spiro atoms. The average Bonchev–Trinajstić information content (AvgIpc) is 2.30. The van der Waals surface area contributed by atoms with Gasteiger partial charge in [0, 0.05) is 14.1 Å². The number of carbonyl (C=O) groups excluding carboxylic acids is 1. The number of hydrogen-bond acceptors (Lipinski definition) is 5. The fourth-order valence-electron chi connectivity index (χ4n) is 1.36. The summed E-state index contributed by atoms with van der Waals surface area (Å²) in [5, 5.41) is 11.6. The van der Waals surface area contributed by atoms with Crippen LogP contribution in [0.4, 0.5) is 11.5 Å². The zero-order chi connectivity index (χ0) is 13.9. The molecule has 1 amide bonds. The Morgan fingerprint density at radius 1 is 1.44 bits per heavy atom. The number of nitrogens with two attached hydrogens (primary N) is 1. The summed E-state index contributed by atoms with van der Waals surface area (Å²) in [4.78, 5) is 27.7. The maximum absolute atomic E-state index is 11.7. The normalized spacial score (nSPS) is 11.7. The molecule has 0 aliphatic rings. The van der Waals surface area contributed by atoms with Crippen molar-refractivity contribution in [1.82, 2.24) is 9.88 Å². The van der Waals surface area contributed by atoms with Gasteiger partial charge in [-0.1, -0.05) is 0 Å². The van der Waals surface area contributed by atoms with E-state index in [1.54, 1.807) is 21.0 Å². The quantitative estimate of drug-likeness (QED) is 0.708. The van der Waals surface area contributed by atoms with Crippen LogP contribution < -0.4 is 11.1 Å². The minimum absolute atomic E-state index is 0.129. The highest BCUT2D eigenvalue weighted by molar-refractivity contribution is 5.88. The zero-order valence-corrected chi connectivity index (χ0v) is 10.5. The molecule has 0 saturated carbocycles. The number of nitrogen functional groups attached to an aromatic ring is 1. The third-order valence-corrected chi connectivity index (χ3v) is 2.31. The first-order valence-corrected chi connectivity index (χ1v) is 5.30. The van der Waals surface area contributed by atoms with Crippen molar-refractivity contribution in [3.05, 3.63) is 17.8 Å². The van der Waals surface area contributed by atoms with Gasteiger partial charge in [0.15, 0.2) is 11.5 Å². The summed E-state index contributed by atoms with van der Waals surface area (Å²) in [7, 11) is 3.26. The van der Waals surface area contributed by atoms with Gasteiger partial charge in [0.05, 0.1) is 5.69 Å². The summed E-state index contributed by atoms with van der Waals surface area (Å²) < 4.78 is 0. The highest BCUT2D eigenvalue weighted by Gasteiger charge is 2.17. The molecule has 7 heteroatoms. The van der Waals surface area contributed by atoms with Gasteiger partial charge in [-0.3, -0.25) is 4.79 Å². The Morgan fingerprint density at radius 3 is 2.56 bits per heavy atom. The average molecular weight is 252 g/mol. The second-order valence-corrected chi connectivity index (χ2v) is 4.04. The molecule has 1 heterocycles. The summed E-state index contributed by atoms with van der Waals surface area (Å²) in [5.41, 5.74) is 5.83. The summed E-state index contributed by atoms with van der Waals surface area (Å²) in [5.74, 6) is -1.11. The number of aromatic carboxylic acids is 1. The van der Waals surface area contributed by atoms with Crippen molar-refractivity contribution >= 4 is 23.4 Å². The molecule has 1 unspecified atom stereocenters. The van der Waals surface area contributed by atoms with Crippen molar-refractivity contribution in [3.63, 3.8) is 0 Å². The van der Waals surface area contributed by atoms with E-state index in [2.05, 4.69) is 10.3 Å². The van der Waals surface area contributed by atoms with E-state index in [-0.39, 0.29) is 17.4 Å². The topological polar surface area (TPSA) is 109 Å². The molecule has 7 nitrogen and oxygen atoms in total. The molecule has 0 aromatic carbocycles. The van der Waals surface area contributed by atoms with Crippen molar-refractivity contribution in [3.8, 4) is 0 Å². The number of likely N-dealkylation sites (N-methyl/N-ethyl adjacent to an activating group) is 1. The minimum Gasteiger partial charge on any atom is -0.477 e. The number of hydrogen-bond donors (Lipinski definition) is 3. The standard InChI is InChI=1S/C11H16N4O3/c1-6(10(16)15(2)3)13-9-7(12)4-5-8(14-9)11(17)18/h4-6H,12H2,1-3H3,(H,13,14)(H,17,18). The fraction of sp³-hybridized carbons (Fsp3) is 0.364. The maximum atomic E-state index is 11.7. The van der Waals surface area contributed by atoms with Crippen LogP contribution in [0.5, 0.6) is 0 Å². The number of nitrogens with one attached hydrogen (secondary N) is 1. The Balaban J connectivity index is 2.93. The number of carboxylic acids is 1. The van der Waals surface area contributed by atoms with Crippen molar-refractivity contribution in [1.29, 1.82) is 0 Å². The van der Waals surface area contributed by atoms with Gasteiger partial charge in [0.1, 0.15) is 6.04 Å². The van der Waals surface area contributed by atoms with Gasteiger partial charge in [-0.05, 0) is 19.1 Å². The molecule has 1 aromatic rings. The first-order chi connectivity index (χ1) is 8.32. The first-order valence-electron chi connectivity index (χ1n) is 5.30. The van der Waals surface area contributed by atoms with Crippen LogP contribution in [0.15, 0.2) is 12.1 Å². The lowest BCUT2D eigenvalue weighted by Crippen LogP contribution is -2.37. The van der Waals surface area contributed by atoms with E-state index in [4.69, 9.17) is 10.8 Å². The molecule has 0 fully saturated rings. The molecule has 0 aliphatic carbocycles. The molecule has 18 heavy (non-hydrogen) atoms. The van der Waals surface area contributed by atoms with E-state index in [9.17, 15) is 9.59 Å². The van der Waals surface area contributed by atoms with Gasteiger partial charge >= 0.3 is 5.97 Å². The summed E-state index contributed by atoms with van der Waals surface area (Å²) >= 11 is 0. The number of anilines is 2. The summed E-state index contributed by atoms with van der Waals surface area (Å²) in [6, 6.07) is 2.20. The molecule has 98 valence electrons. The molecule has 0 aliphatic heterocycles. The first kappa shape index (κ1) is 13.8. The number of rotatable bonds is 4. The van der Waals surface area contributed by atoms with Crippen molar-refractivity contribution < 1.29 is 14.7 Å². The monoisotopic (exact) mass is 252 g/mol. The third-order valence-electron chi connectivity index (χ3n) is 2.31. The molecule has 1 aromatic heterocycles. The number of amides is 1. The number of aromatic nitrogens is 1. The van der Waals surface area contributed by atoms with E-state index in [1.165, 1.54) is 17.0 Å². The SMILES string of the molecule is CC(Nc1nc(C(=O)O)ccc1N)C(=O)N(C)C. The molecule has 4 N–H and O–H groups in total. The number of nitrogens with zero attached hydrogens (tertiary/aromatic N) is 2. The van der Waals surface area contributed by atoms with Gasteiger partial charge in [-0.15, -0.1) is 0 Å². The van der Waals surface area contributed by atoms with E-state index in [0.717, 1.165) is 0 Å². The lowest BCUT2D eigenvalue weighted by atomic mass is 10.2. The van der Waals surface area contributed by atoms with Crippen LogP contribution in [-0.4, -0.2) is 47.0 Å². The number of carboxylic acid groups (broad SMARTS) is 1. The zero-order valence-electron chi connectivity index (χ0n) is 10.5. The second kappa shape index (κ2) is 5.35. The molecular formula is C11H16N4O3. The lowest BCUT2D eigenvalue weighted by Gasteiger charge is -2.19. The lowest BCUT2D eigenvalue weighted by molar-refractivity contribution is -0.129. The molecule has 1 rings (SSSR count). The molecule has 0 saturated heterocycles. The van der Waals surface area contributed by atoms with Gasteiger partial charge in [-0.2, -0.15) is 0 Å². The molecule has 1 atom stereocenters. The fourth-order valence-corrected chi connectivity index (χ4v) is 1.36. The van der Waals surface area contributed by atoms with Crippen LogP contribution in [-0.2, 0) is 4.79 Å². The third kappa shape index (κ3) is 3.09. The van der Waals surface area contributed by atoms with Crippen LogP contribution in [0.25, 0.3) is 0 Å². The van der Waals surface area contributed by atoms with E-state index in [1.807, 2.05) is 0 Å². The van der Waals surface area contributed by atoms with Crippen LogP contribution in [0.3, 0.4) is 0 Å². The van der Waals surface area contributed by atoms with E-state index < -0.39 is 12.0 Å². The van der Waals surface area contributed by atoms with Gasteiger partial charge in [0.25, 0.3) is 0 Å². The van der Waals surface area contributed by atoms with Crippen LogP contribution in [0.2, 0.25) is 0 Å². The Kier molecular flexibility index (Phi) is 4.09. The van der Waals surface area contributed by atoms with E-state index in [0.29, 0.717) is 5.69 Å². The van der Waals surface area contributed by atoms with Crippen molar-refractivity contribution in [2.45, 2.75) is 13.0 Å². The molecule has 0 bridgehead atoms. The van der Waals surface area contributed by atoms with Gasteiger partial charge in [-0.25, -0.2) is 9.78 Å². The largest absolute Gasteiger partial charge is 0.477 e. The van der Waals surface area contributed by atoms with Crippen molar-refractivity contribution in [2.75, 3.05) is 25.1 Å². The highest BCUT2D eigenvalue weighted by atomic mass is 16.4. The van der Waals surface area contributed by atoms with Gasteiger partial charge in [0.2, 0.25) is 5.91 Å². The number of carbonyl (C=O) groups is 2. The van der Waals surface area contributed by atoms with Crippen LogP contribution in [0.1, 0.15) is 17.4 Å². The Morgan fingerprint density at radius 2 is 2.06 bits per heavy atom. The predicted molar refractivity (Wildman–Crippen MR) is 67.4 cm³/mol. The van der Waals surface area contributed by atoms with Crippen LogP contribution >= 0.6 is 0 Å². The minimum atomic E-state index is -1.15. The molecular weight excluding hydrogens is 236 g/mol. The van der Waals surface area contributed by atoms with Crippen molar-refractivity contribution in [2.24, 2.45) is 0 Å². The second-order valence-electron chi connectivity index (χ2n) is 4.04. The van der Waals surface area contributed by atoms with E-state index >= 15 is 0 Å². The summed E-state index contributed by atoms with van der Waals surface area (Å²) in [6.07, 6.45) is 0. The number of pyridine rings is 1. The Labute approximate surface area is 105 Å². The Bertz CT molecular complexity index is 473. The maximum Gasteiger partial charge on any atom is 0.354 e. The van der Waals surface area contributed by atoms with Gasteiger partial charge < -0.3 is 21.1 Å². The highest BCUT2D eigenvalue weighted by Crippen LogP contribution is 2.17. The molecule has 0 radical (unpaired) electrons.